The maximum Gasteiger partial charge on any atom is 0.279 e. The first-order valence-corrected chi connectivity index (χ1v) is 8.59. The third kappa shape index (κ3) is 4.05. The molecule has 1 amide bonds. The Hall–Kier alpha value is -2.10. The number of nitrogens with one attached hydrogen (secondary N) is 1. The number of hydrogen-bond acceptors (Lipinski definition) is 8. The molecule has 24 heavy (non-hydrogen) atoms. The summed E-state index contributed by atoms with van der Waals surface area (Å²) >= 11 is 1.38. The SMILES string of the molecule is CC1CN(Cc2csc(NC(=O)c3nccnc3N)n2)CC(C)O1. The van der Waals surface area contributed by atoms with E-state index in [4.69, 9.17) is 10.5 Å². The highest BCUT2D eigenvalue weighted by molar-refractivity contribution is 7.13. The molecule has 2 unspecified atom stereocenters. The van der Waals surface area contributed by atoms with Crippen molar-refractivity contribution < 1.29 is 9.53 Å². The lowest BCUT2D eigenvalue weighted by Crippen LogP contribution is -2.44. The number of hydrogen-bond donors (Lipinski definition) is 2. The maximum absolute atomic E-state index is 12.2. The summed E-state index contributed by atoms with van der Waals surface area (Å²) in [5.41, 5.74) is 6.68. The fourth-order valence-corrected chi connectivity index (χ4v) is 3.46. The highest BCUT2D eigenvalue weighted by atomic mass is 32.1. The first kappa shape index (κ1) is 16.7. The molecule has 8 nitrogen and oxygen atoms in total. The molecule has 128 valence electrons. The minimum atomic E-state index is -0.407. The van der Waals surface area contributed by atoms with Gasteiger partial charge in [0.25, 0.3) is 5.91 Å². The summed E-state index contributed by atoms with van der Waals surface area (Å²) in [7, 11) is 0. The van der Waals surface area contributed by atoms with Crippen molar-refractivity contribution in [3.63, 3.8) is 0 Å². The van der Waals surface area contributed by atoms with Gasteiger partial charge in [-0.05, 0) is 13.8 Å². The molecule has 1 aliphatic rings. The molecule has 2 aromatic rings. The normalized spacial score (nSPS) is 21.6. The Labute approximate surface area is 144 Å². The molecule has 0 saturated carbocycles. The summed E-state index contributed by atoms with van der Waals surface area (Å²) in [5.74, 6) is -0.307. The minimum absolute atomic E-state index is 0.100. The van der Waals surface area contributed by atoms with Crippen LogP contribution in [0, 0.1) is 0 Å². The summed E-state index contributed by atoms with van der Waals surface area (Å²) in [6.45, 7) is 6.62. The topological polar surface area (TPSA) is 106 Å². The number of ether oxygens (including phenoxy) is 1. The summed E-state index contributed by atoms with van der Waals surface area (Å²) in [5, 5.41) is 5.18. The van der Waals surface area contributed by atoms with E-state index in [0.29, 0.717) is 5.13 Å². The van der Waals surface area contributed by atoms with Gasteiger partial charge in [0.05, 0.1) is 17.9 Å². The average molecular weight is 348 g/mol. The van der Waals surface area contributed by atoms with Crippen molar-refractivity contribution in [1.82, 2.24) is 19.9 Å². The molecular weight excluding hydrogens is 328 g/mol. The third-order valence-electron chi connectivity index (χ3n) is 3.59. The molecule has 2 aromatic heterocycles. The van der Waals surface area contributed by atoms with E-state index >= 15 is 0 Å². The number of nitrogens with zero attached hydrogens (tertiary/aromatic N) is 4. The summed E-state index contributed by atoms with van der Waals surface area (Å²) in [6.07, 6.45) is 3.30. The van der Waals surface area contributed by atoms with Crippen LogP contribution >= 0.6 is 11.3 Å². The van der Waals surface area contributed by atoms with Crippen molar-refractivity contribution in [3.05, 3.63) is 29.2 Å². The smallest absolute Gasteiger partial charge is 0.279 e. The molecule has 0 aromatic carbocycles. The first-order chi connectivity index (χ1) is 11.5. The molecule has 3 N–H and O–H groups in total. The molecule has 0 bridgehead atoms. The van der Waals surface area contributed by atoms with Crippen LogP contribution in [0.25, 0.3) is 0 Å². The van der Waals surface area contributed by atoms with Crippen LogP contribution in [0.2, 0.25) is 0 Å². The molecule has 3 heterocycles. The maximum atomic E-state index is 12.2. The van der Waals surface area contributed by atoms with E-state index in [2.05, 4.69) is 39.0 Å². The molecule has 0 aliphatic carbocycles. The van der Waals surface area contributed by atoms with Gasteiger partial charge in [-0.15, -0.1) is 11.3 Å². The first-order valence-electron chi connectivity index (χ1n) is 7.71. The second kappa shape index (κ2) is 7.20. The van der Waals surface area contributed by atoms with Crippen LogP contribution in [-0.4, -0.2) is 51.1 Å². The van der Waals surface area contributed by atoms with Gasteiger partial charge < -0.3 is 10.5 Å². The van der Waals surface area contributed by atoms with Gasteiger partial charge >= 0.3 is 0 Å². The summed E-state index contributed by atoms with van der Waals surface area (Å²) in [6, 6.07) is 0. The summed E-state index contributed by atoms with van der Waals surface area (Å²) < 4.78 is 5.73. The highest BCUT2D eigenvalue weighted by Crippen LogP contribution is 2.20. The Morgan fingerprint density at radius 2 is 2.08 bits per heavy atom. The number of thiazole rings is 1. The Kier molecular flexibility index (Phi) is 5.03. The fraction of sp³-hybridized carbons (Fsp3) is 0.467. The van der Waals surface area contributed by atoms with Gasteiger partial charge in [-0.2, -0.15) is 0 Å². The predicted octanol–water partition coefficient (Wildman–Crippen LogP) is 1.38. The Morgan fingerprint density at radius 3 is 2.79 bits per heavy atom. The molecule has 2 atom stereocenters. The van der Waals surface area contributed by atoms with Crippen LogP contribution < -0.4 is 11.1 Å². The molecule has 0 radical (unpaired) electrons. The van der Waals surface area contributed by atoms with Crippen molar-refractivity contribution in [3.8, 4) is 0 Å². The van der Waals surface area contributed by atoms with Crippen LogP contribution in [0.1, 0.15) is 30.0 Å². The Bertz CT molecular complexity index is 711. The number of amides is 1. The number of anilines is 2. The second-order valence-electron chi connectivity index (χ2n) is 5.84. The average Bonchev–Trinajstić information content (AvgIpc) is 2.93. The van der Waals surface area contributed by atoms with E-state index in [9.17, 15) is 4.79 Å². The zero-order chi connectivity index (χ0) is 17.1. The number of rotatable bonds is 4. The van der Waals surface area contributed by atoms with Crippen LogP contribution in [0.15, 0.2) is 17.8 Å². The number of morpholine rings is 1. The molecule has 1 aliphatic heterocycles. The quantitative estimate of drug-likeness (QED) is 0.859. The van der Waals surface area contributed by atoms with Crippen molar-refractivity contribution in [1.29, 1.82) is 0 Å². The Morgan fingerprint density at radius 1 is 1.38 bits per heavy atom. The van der Waals surface area contributed by atoms with Crippen LogP contribution in [0.3, 0.4) is 0 Å². The van der Waals surface area contributed by atoms with Gasteiger partial charge in [0, 0.05) is 37.4 Å². The minimum Gasteiger partial charge on any atom is -0.382 e. The third-order valence-corrected chi connectivity index (χ3v) is 4.40. The fourth-order valence-electron chi connectivity index (χ4n) is 2.76. The van der Waals surface area contributed by atoms with Crippen LogP contribution in [0.5, 0.6) is 0 Å². The predicted molar refractivity (Wildman–Crippen MR) is 91.8 cm³/mol. The zero-order valence-electron chi connectivity index (χ0n) is 13.6. The second-order valence-corrected chi connectivity index (χ2v) is 6.70. The van der Waals surface area contributed by atoms with Gasteiger partial charge in [0.2, 0.25) is 0 Å². The van der Waals surface area contributed by atoms with Gasteiger partial charge in [0.1, 0.15) is 0 Å². The van der Waals surface area contributed by atoms with Crippen molar-refractivity contribution >= 4 is 28.2 Å². The number of nitrogens with two attached hydrogens (primary N) is 1. The number of aromatic nitrogens is 3. The van der Waals surface area contributed by atoms with E-state index in [1.807, 2.05) is 5.38 Å². The zero-order valence-corrected chi connectivity index (χ0v) is 14.4. The molecule has 1 saturated heterocycles. The van der Waals surface area contributed by atoms with Gasteiger partial charge in [-0.1, -0.05) is 0 Å². The lowest BCUT2D eigenvalue weighted by Gasteiger charge is -2.34. The molecule has 0 spiro atoms. The van der Waals surface area contributed by atoms with Crippen molar-refractivity contribution in [2.45, 2.75) is 32.6 Å². The lowest BCUT2D eigenvalue weighted by molar-refractivity contribution is -0.0707. The monoisotopic (exact) mass is 348 g/mol. The number of carbonyl (C=O) groups excluding carboxylic acids is 1. The lowest BCUT2D eigenvalue weighted by atomic mass is 10.2. The van der Waals surface area contributed by atoms with Gasteiger partial charge in [0.15, 0.2) is 16.6 Å². The Balaban J connectivity index is 1.61. The van der Waals surface area contributed by atoms with E-state index in [0.717, 1.165) is 25.3 Å². The molecule has 9 heteroatoms. The van der Waals surface area contributed by atoms with Crippen LogP contribution in [-0.2, 0) is 11.3 Å². The van der Waals surface area contributed by atoms with Gasteiger partial charge in [-0.25, -0.2) is 15.0 Å². The molecule has 1 fully saturated rings. The number of carbonyl (C=O) groups is 1. The van der Waals surface area contributed by atoms with Crippen molar-refractivity contribution in [2.24, 2.45) is 0 Å². The van der Waals surface area contributed by atoms with E-state index in [1.54, 1.807) is 0 Å². The van der Waals surface area contributed by atoms with Crippen LogP contribution in [0.4, 0.5) is 10.9 Å². The van der Waals surface area contributed by atoms with E-state index in [-0.39, 0.29) is 23.7 Å². The standard InChI is InChI=1S/C15H20N6O2S/c1-9-5-21(6-10(2)23-9)7-11-8-24-15(19-11)20-14(22)12-13(16)18-4-3-17-12/h3-4,8-10H,5-7H2,1-2H3,(H2,16,18)(H,19,20,22). The van der Waals surface area contributed by atoms with E-state index in [1.165, 1.54) is 23.7 Å². The molecular formula is C15H20N6O2S. The highest BCUT2D eigenvalue weighted by Gasteiger charge is 2.23. The largest absolute Gasteiger partial charge is 0.382 e. The molecule has 3 rings (SSSR count). The van der Waals surface area contributed by atoms with Gasteiger partial charge in [-0.3, -0.25) is 15.0 Å². The summed E-state index contributed by atoms with van der Waals surface area (Å²) in [4.78, 5) is 26.7. The van der Waals surface area contributed by atoms with E-state index < -0.39 is 5.91 Å². The number of nitrogen functional groups attached to an aromatic ring is 1. The van der Waals surface area contributed by atoms with Crippen molar-refractivity contribution in [2.75, 3.05) is 24.1 Å².